The molecule has 2 aromatic heterocycles. The molecule has 3 nitrogen and oxygen atoms in total. The van der Waals surface area contributed by atoms with E-state index >= 15 is 0 Å². The number of rotatable bonds is 5. The standard InChI is InChI=1S/C47H35N3/c1-32-13-5-10-20-43(32)50-45-22-12-9-19-40(45)42-31-38(26-28-47(42)50)48(35-16-3-2-4-17-35)37-25-27-46-41(30-37)39-18-8-11-21-44(39)49(46)36-24-23-33-14-6-7-15-34(33)29-36/h2-32,43H,1H3. The molecule has 0 radical (unpaired) electrons. The molecule has 0 N–H and O–H groups in total. The summed E-state index contributed by atoms with van der Waals surface area (Å²) in [4.78, 5) is 2.40. The second-order valence-electron chi connectivity index (χ2n) is 13.5. The molecule has 3 heteroatoms. The summed E-state index contributed by atoms with van der Waals surface area (Å²) in [6, 6.07) is 58.0. The quantitative estimate of drug-likeness (QED) is 0.182. The number of para-hydroxylation sites is 3. The van der Waals surface area contributed by atoms with Gasteiger partial charge in [0.25, 0.3) is 0 Å². The van der Waals surface area contributed by atoms with E-state index in [1.165, 1.54) is 60.1 Å². The van der Waals surface area contributed by atoms with E-state index in [0.29, 0.717) is 5.92 Å². The third-order valence-corrected chi connectivity index (χ3v) is 10.5. The smallest absolute Gasteiger partial charge is 0.0585 e. The predicted octanol–water partition coefficient (Wildman–Crippen LogP) is 12.8. The van der Waals surface area contributed by atoms with Gasteiger partial charge in [-0.1, -0.05) is 116 Å². The summed E-state index contributed by atoms with van der Waals surface area (Å²) in [5, 5.41) is 7.51. The monoisotopic (exact) mass is 641 g/mol. The first-order valence-electron chi connectivity index (χ1n) is 17.5. The average Bonchev–Trinajstić information content (AvgIpc) is 3.68. The van der Waals surface area contributed by atoms with Crippen molar-refractivity contribution in [2.45, 2.75) is 13.0 Å². The topological polar surface area (TPSA) is 13.1 Å². The van der Waals surface area contributed by atoms with E-state index in [4.69, 9.17) is 0 Å². The second kappa shape index (κ2) is 11.4. The van der Waals surface area contributed by atoms with Crippen LogP contribution in [0.25, 0.3) is 60.1 Å². The number of allylic oxidation sites excluding steroid dienone is 4. The Bertz CT molecular complexity index is 2800. The van der Waals surface area contributed by atoms with E-state index in [2.05, 4.69) is 203 Å². The largest absolute Gasteiger partial charge is 0.333 e. The Morgan fingerprint density at radius 2 is 1.02 bits per heavy atom. The highest BCUT2D eigenvalue weighted by atomic mass is 15.1. The highest BCUT2D eigenvalue weighted by Crippen LogP contribution is 2.43. The Labute approximate surface area is 291 Å². The van der Waals surface area contributed by atoms with Gasteiger partial charge in [0.2, 0.25) is 0 Å². The first-order chi connectivity index (χ1) is 24.7. The van der Waals surface area contributed by atoms with Crippen LogP contribution in [0.15, 0.2) is 182 Å². The minimum atomic E-state index is 0.265. The van der Waals surface area contributed by atoms with E-state index < -0.39 is 0 Å². The van der Waals surface area contributed by atoms with Gasteiger partial charge >= 0.3 is 0 Å². The van der Waals surface area contributed by atoms with Crippen LogP contribution in [0, 0.1) is 5.92 Å². The third kappa shape index (κ3) is 4.44. The van der Waals surface area contributed by atoms with Gasteiger partial charge in [0.15, 0.2) is 0 Å². The molecule has 2 atom stereocenters. The van der Waals surface area contributed by atoms with E-state index in [9.17, 15) is 0 Å². The molecule has 1 aliphatic carbocycles. The van der Waals surface area contributed by atoms with Crippen molar-refractivity contribution in [2.75, 3.05) is 4.90 Å². The van der Waals surface area contributed by atoms with Crippen LogP contribution in [-0.2, 0) is 0 Å². The summed E-state index contributed by atoms with van der Waals surface area (Å²) in [6.45, 7) is 2.31. The Kier molecular flexibility index (Phi) is 6.53. The maximum Gasteiger partial charge on any atom is 0.0585 e. The fourth-order valence-electron chi connectivity index (χ4n) is 8.20. The van der Waals surface area contributed by atoms with Crippen molar-refractivity contribution in [2.24, 2.45) is 5.92 Å². The Morgan fingerprint density at radius 1 is 0.440 bits per heavy atom. The van der Waals surface area contributed by atoms with Gasteiger partial charge in [0.05, 0.1) is 17.1 Å². The molecule has 238 valence electrons. The summed E-state index contributed by atoms with van der Waals surface area (Å²) in [5.74, 6) is 0.406. The first kappa shape index (κ1) is 28.7. The van der Waals surface area contributed by atoms with Gasteiger partial charge in [-0.2, -0.15) is 0 Å². The summed E-state index contributed by atoms with van der Waals surface area (Å²) >= 11 is 0. The lowest BCUT2D eigenvalue weighted by molar-refractivity contribution is 0.510. The minimum Gasteiger partial charge on any atom is -0.333 e. The van der Waals surface area contributed by atoms with E-state index in [0.717, 1.165) is 17.1 Å². The molecule has 2 unspecified atom stereocenters. The summed E-state index contributed by atoms with van der Waals surface area (Å²) < 4.78 is 4.93. The maximum absolute atomic E-state index is 2.53. The fourth-order valence-corrected chi connectivity index (χ4v) is 8.20. The van der Waals surface area contributed by atoms with Crippen LogP contribution in [0.1, 0.15) is 13.0 Å². The maximum atomic E-state index is 2.53. The summed E-state index contributed by atoms with van der Waals surface area (Å²) in [7, 11) is 0. The molecule has 9 aromatic rings. The Hall–Kier alpha value is -6.32. The molecule has 0 saturated carbocycles. The van der Waals surface area contributed by atoms with Crippen LogP contribution in [0.3, 0.4) is 0 Å². The molecule has 7 aromatic carbocycles. The van der Waals surface area contributed by atoms with Gasteiger partial charge in [-0.15, -0.1) is 0 Å². The molecule has 0 amide bonds. The van der Waals surface area contributed by atoms with Crippen LogP contribution >= 0.6 is 0 Å². The second-order valence-corrected chi connectivity index (χ2v) is 13.5. The van der Waals surface area contributed by atoms with Crippen molar-refractivity contribution in [3.63, 3.8) is 0 Å². The third-order valence-electron chi connectivity index (χ3n) is 10.5. The van der Waals surface area contributed by atoms with Crippen LogP contribution in [0.4, 0.5) is 17.1 Å². The SMILES string of the molecule is CC1C=CC=CC1n1c2ccccc2c2cc(N(c3ccccc3)c3ccc4c(c3)c3ccccc3n4-c3ccc4ccccc4c3)ccc21. The normalized spacial score (nSPS) is 15.9. The van der Waals surface area contributed by atoms with Crippen LogP contribution in [0.5, 0.6) is 0 Å². The first-order valence-corrected chi connectivity index (χ1v) is 17.5. The lowest BCUT2D eigenvalue weighted by atomic mass is 9.96. The minimum absolute atomic E-state index is 0.265. The van der Waals surface area contributed by atoms with Crippen molar-refractivity contribution in [1.29, 1.82) is 0 Å². The zero-order valence-corrected chi connectivity index (χ0v) is 27.8. The summed E-state index contributed by atoms with van der Waals surface area (Å²) in [6.07, 6.45) is 9.00. The number of anilines is 3. The average molecular weight is 642 g/mol. The molecule has 0 aliphatic heterocycles. The zero-order chi connectivity index (χ0) is 33.2. The lowest BCUT2D eigenvalue weighted by Gasteiger charge is -2.27. The summed E-state index contributed by atoms with van der Waals surface area (Å²) in [5.41, 5.74) is 9.48. The number of hydrogen-bond donors (Lipinski definition) is 0. The van der Waals surface area contributed by atoms with Crippen LogP contribution in [-0.4, -0.2) is 9.13 Å². The van der Waals surface area contributed by atoms with E-state index in [1.807, 2.05) is 0 Å². The molecule has 50 heavy (non-hydrogen) atoms. The Balaban J connectivity index is 1.18. The van der Waals surface area contributed by atoms with Crippen molar-refractivity contribution in [3.05, 3.63) is 182 Å². The van der Waals surface area contributed by atoms with Gasteiger partial charge in [0.1, 0.15) is 0 Å². The molecular weight excluding hydrogens is 607 g/mol. The molecule has 1 aliphatic rings. The zero-order valence-electron chi connectivity index (χ0n) is 27.8. The van der Waals surface area contributed by atoms with Crippen LogP contribution in [0.2, 0.25) is 0 Å². The highest BCUT2D eigenvalue weighted by molar-refractivity contribution is 6.12. The number of benzene rings is 7. The van der Waals surface area contributed by atoms with Crippen molar-refractivity contribution in [1.82, 2.24) is 9.13 Å². The highest BCUT2D eigenvalue weighted by Gasteiger charge is 2.23. The molecule has 10 rings (SSSR count). The van der Waals surface area contributed by atoms with Crippen molar-refractivity contribution < 1.29 is 0 Å². The van der Waals surface area contributed by atoms with Crippen LogP contribution < -0.4 is 4.90 Å². The number of nitrogens with zero attached hydrogens (tertiary/aromatic N) is 3. The molecule has 0 bridgehead atoms. The van der Waals surface area contributed by atoms with Gasteiger partial charge < -0.3 is 14.0 Å². The van der Waals surface area contributed by atoms with E-state index in [-0.39, 0.29) is 6.04 Å². The van der Waals surface area contributed by atoms with Gasteiger partial charge in [0, 0.05) is 55.3 Å². The molecule has 0 saturated heterocycles. The lowest BCUT2D eigenvalue weighted by Crippen LogP contribution is -2.15. The predicted molar refractivity (Wildman–Crippen MR) is 212 cm³/mol. The van der Waals surface area contributed by atoms with Crippen molar-refractivity contribution >= 4 is 71.4 Å². The van der Waals surface area contributed by atoms with Gasteiger partial charge in [-0.3, -0.25) is 0 Å². The number of fused-ring (bicyclic) bond motifs is 7. The number of aromatic nitrogens is 2. The van der Waals surface area contributed by atoms with Gasteiger partial charge in [-0.25, -0.2) is 0 Å². The molecular formula is C47H35N3. The molecule has 2 heterocycles. The fraction of sp³-hybridized carbons (Fsp3) is 0.0638. The van der Waals surface area contributed by atoms with Gasteiger partial charge in [-0.05, 0) is 89.5 Å². The molecule has 0 spiro atoms. The van der Waals surface area contributed by atoms with Crippen molar-refractivity contribution in [3.8, 4) is 5.69 Å². The van der Waals surface area contributed by atoms with E-state index in [1.54, 1.807) is 0 Å². The number of hydrogen-bond acceptors (Lipinski definition) is 1. The Morgan fingerprint density at radius 3 is 1.80 bits per heavy atom. The molecule has 0 fully saturated rings.